The molecule has 0 aromatic heterocycles. The summed E-state index contributed by atoms with van der Waals surface area (Å²) >= 11 is 0. The van der Waals surface area contributed by atoms with Crippen LogP contribution in [0.1, 0.15) is 46.0 Å². The van der Waals surface area contributed by atoms with Crippen LogP contribution >= 0.6 is 0 Å². The molecule has 1 N–H and O–H groups in total. The highest BCUT2D eigenvalue weighted by Crippen LogP contribution is 2.28. The first kappa shape index (κ1) is 14.2. The Morgan fingerprint density at radius 2 is 2.19 bits per heavy atom. The average Bonchev–Trinajstić information content (AvgIpc) is 2.73. The van der Waals surface area contributed by atoms with Crippen LogP contribution in [0.2, 0.25) is 0 Å². The maximum absolute atomic E-state index is 11.9. The molecule has 0 aromatic carbocycles. The lowest BCUT2D eigenvalue weighted by molar-refractivity contribution is 0.416. The summed E-state index contributed by atoms with van der Waals surface area (Å²) in [4.78, 5) is 0. The Hall–Kier alpha value is 0.110. The predicted octanol–water partition coefficient (Wildman–Crippen LogP) is 2.56. The van der Waals surface area contributed by atoms with Crippen molar-refractivity contribution in [1.29, 1.82) is 0 Å². The van der Waals surface area contributed by atoms with Crippen LogP contribution in [0.5, 0.6) is 0 Å². The van der Waals surface area contributed by atoms with Crippen molar-refractivity contribution in [3.05, 3.63) is 0 Å². The number of hydrogen-bond donors (Lipinski definition) is 1. The quantitative estimate of drug-likeness (QED) is 0.747. The van der Waals surface area contributed by atoms with Crippen molar-refractivity contribution in [2.24, 2.45) is 11.8 Å². The van der Waals surface area contributed by atoms with Gasteiger partial charge in [-0.2, -0.15) is 0 Å². The lowest BCUT2D eigenvalue weighted by Crippen LogP contribution is -2.29. The second kappa shape index (κ2) is 7.44. The maximum atomic E-state index is 11.9. The van der Waals surface area contributed by atoms with E-state index in [1.54, 1.807) is 0 Å². The fourth-order valence-electron chi connectivity index (χ4n) is 2.56. The normalized spacial score (nSPS) is 29.2. The van der Waals surface area contributed by atoms with E-state index in [4.69, 9.17) is 0 Å². The van der Waals surface area contributed by atoms with Crippen LogP contribution < -0.4 is 5.32 Å². The first-order chi connectivity index (χ1) is 7.67. The third kappa shape index (κ3) is 4.54. The monoisotopic (exact) mass is 245 g/mol. The Morgan fingerprint density at radius 3 is 2.81 bits per heavy atom. The summed E-state index contributed by atoms with van der Waals surface area (Å²) in [6.07, 6.45) is 6.27. The van der Waals surface area contributed by atoms with Gasteiger partial charge in [0.05, 0.1) is 0 Å². The number of rotatable bonds is 7. The zero-order valence-electron chi connectivity index (χ0n) is 11.0. The van der Waals surface area contributed by atoms with Gasteiger partial charge < -0.3 is 5.32 Å². The van der Waals surface area contributed by atoms with Crippen molar-refractivity contribution >= 4 is 10.8 Å². The summed E-state index contributed by atoms with van der Waals surface area (Å²) in [5.41, 5.74) is 0. The molecule has 0 spiro atoms. The molecule has 1 aliphatic rings. The van der Waals surface area contributed by atoms with Gasteiger partial charge in [-0.3, -0.25) is 4.21 Å². The van der Waals surface area contributed by atoms with E-state index in [0.717, 1.165) is 30.3 Å². The Balaban J connectivity index is 2.20. The molecule has 0 radical (unpaired) electrons. The molecule has 0 saturated heterocycles. The average molecular weight is 245 g/mol. The topological polar surface area (TPSA) is 29.1 Å². The molecular weight excluding hydrogens is 218 g/mol. The molecule has 0 heterocycles. The van der Waals surface area contributed by atoms with E-state index in [1.165, 1.54) is 19.3 Å². The van der Waals surface area contributed by atoms with Crippen LogP contribution in [-0.2, 0) is 10.8 Å². The van der Waals surface area contributed by atoms with Crippen molar-refractivity contribution < 1.29 is 4.21 Å². The van der Waals surface area contributed by atoms with Crippen LogP contribution in [-0.4, -0.2) is 28.8 Å². The fraction of sp³-hybridized carbons (Fsp3) is 1.00. The van der Waals surface area contributed by atoms with Crippen molar-refractivity contribution in [3.63, 3.8) is 0 Å². The zero-order valence-corrected chi connectivity index (χ0v) is 11.8. The Labute approximate surface area is 103 Å². The summed E-state index contributed by atoms with van der Waals surface area (Å²) in [6.45, 7) is 4.37. The Morgan fingerprint density at radius 1 is 1.44 bits per heavy atom. The molecule has 4 unspecified atom stereocenters. The lowest BCUT2D eigenvalue weighted by Gasteiger charge is -2.18. The predicted molar refractivity (Wildman–Crippen MR) is 72.1 cm³/mol. The van der Waals surface area contributed by atoms with E-state index in [0.29, 0.717) is 12.0 Å². The lowest BCUT2D eigenvalue weighted by atomic mass is 10.0. The second-order valence-corrected chi connectivity index (χ2v) is 6.82. The van der Waals surface area contributed by atoms with E-state index < -0.39 is 10.8 Å². The van der Waals surface area contributed by atoms with Gasteiger partial charge in [-0.1, -0.05) is 26.7 Å². The van der Waals surface area contributed by atoms with Gasteiger partial charge in [0.2, 0.25) is 0 Å². The minimum absolute atomic E-state index is 0.591. The number of hydrogen-bond acceptors (Lipinski definition) is 2. The minimum Gasteiger partial charge on any atom is -0.317 e. The maximum Gasteiger partial charge on any atom is 0.0260 e. The first-order valence-corrected chi connectivity index (χ1v) is 8.18. The van der Waals surface area contributed by atoms with Gasteiger partial charge in [0.25, 0.3) is 0 Å². The van der Waals surface area contributed by atoms with Crippen molar-refractivity contribution in [1.82, 2.24) is 5.32 Å². The van der Waals surface area contributed by atoms with Gasteiger partial charge in [-0.15, -0.1) is 0 Å². The summed E-state index contributed by atoms with van der Waals surface area (Å²) in [6, 6.07) is 0.681. The molecule has 4 atom stereocenters. The molecule has 1 rings (SSSR count). The Bertz CT molecular complexity index is 220. The van der Waals surface area contributed by atoms with Crippen molar-refractivity contribution in [2.45, 2.75) is 52.0 Å². The highest BCUT2D eigenvalue weighted by molar-refractivity contribution is 7.84. The molecule has 3 heteroatoms. The summed E-state index contributed by atoms with van der Waals surface area (Å²) in [7, 11) is 1.46. The van der Waals surface area contributed by atoms with Gasteiger partial charge in [-0.05, 0) is 38.1 Å². The molecule has 2 nitrogen and oxygen atoms in total. The van der Waals surface area contributed by atoms with Gasteiger partial charge in [0.15, 0.2) is 0 Å². The third-order valence-electron chi connectivity index (χ3n) is 3.91. The van der Waals surface area contributed by atoms with E-state index in [9.17, 15) is 4.21 Å². The molecule has 0 aromatic rings. The van der Waals surface area contributed by atoms with Gasteiger partial charge >= 0.3 is 0 Å². The third-order valence-corrected chi connectivity index (χ3v) is 5.55. The summed E-state index contributed by atoms with van der Waals surface area (Å²) < 4.78 is 11.9. The van der Waals surface area contributed by atoms with E-state index in [-0.39, 0.29) is 0 Å². The van der Waals surface area contributed by atoms with Gasteiger partial charge in [0.1, 0.15) is 0 Å². The minimum atomic E-state index is -0.591. The van der Waals surface area contributed by atoms with Crippen LogP contribution in [0.3, 0.4) is 0 Å². The van der Waals surface area contributed by atoms with E-state index in [1.807, 2.05) is 0 Å². The molecule has 1 fully saturated rings. The SMILES string of the molecule is CCC(C)CS(=O)CCC1CCCC1NC. The molecular formula is C13H27NOS. The molecule has 16 heavy (non-hydrogen) atoms. The standard InChI is InChI=1S/C13H27NOS/c1-4-11(2)10-16(15)9-8-12-6-5-7-13(12)14-3/h11-14H,4-10H2,1-3H3. The Kier molecular flexibility index (Phi) is 6.59. The van der Waals surface area contributed by atoms with Gasteiger partial charge in [0, 0.05) is 28.3 Å². The molecule has 96 valence electrons. The fourth-order valence-corrected chi connectivity index (χ4v) is 4.17. The van der Waals surface area contributed by atoms with Gasteiger partial charge in [-0.25, -0.2) is 0 Å². The molecule has 0 aliphatic heterocycles. The molecule has 0 amide bonds. The van der Waals surface area contributed by atoms with E-state index >= 15 is 0 Å². The molecule has 1 aliphatic carbocycles. The van der Waals surface area contributed by atoms with Crippen molar-refractivity contribution in [3.8, 4) is 0 Å². The van der Waals surface area contributed by atoms with Crippen LogP contribution in [0, 0.1) is 11.8 Å². The highest BCUT2D eigenvalue weighted by Gasteiger charge is 2.25. The summed E-state index contributed by atoms with van der Waals surface area (Å²) in [5.74, 6) is 3.19. The smallest absolute Gasteiger partial charge is 0.0260 e. The van der Waals surface area contributed by atoms with Crippen LogP contribution in [0.25, 0.3) is 0 Å². The molecule has 0 bridgehead atoms. The van der Waals surface area contributed by atoms with E-state index in [2.05, 4.69) is 26.2 Å². The van der Waals surface area contributed by atoms with Crippen LogP contribution in [0.15, 0.2) is 0 Å². The highest BCUT2D eigenvalue weighted by atomic mass is 32.2. The number of nitrogens with one attached hydrogen (secondary N) is 1. The van der Waals surface area contributed by atoms with Crippen LogP contribution in [0.4, 0.5) is 0 Å². The second-order valence-electron chi connectivity index (χ2n) is 5.20. The van der Waals surface area contributed by atoms with Crippen molar-refractivity contribution in [2.75, 3.05) is 18.6 Å². The molecule has 1 saturated carbocycles. The largest absolute Gasteiger partial charge is 0.317 e. The first-order valence-electron chi connectivity index (χ1n) is 6.69. The summed E-state index contributed by atoms with van der Waals surface area (Å²) in [5, 5.41) is 3.39. The zero-order chi connectivity index (χ0) is 12.0.